The smallest absolute Gasteiger partial charge is 0.246 e. The minimum atomic E-state index is -1.20. The minimum Gasteiger partial charge on any atom is -0.368 e. The van der Waals surface area contributed by atoms with E-state index in [0.717, 1.165) is 34.1 Å². The monoisotopic (exact) mass is 528 g/mol. The Labute approximate surface area is 227 Å². The van der Waals surface area contributed by atoms with Crippen LogP contribution in [-0.2, 0) is 33.6 Å². The summed E-state index contributed by atoms with van der Waals surface area (Å²) < 4.78 is 0. The Bertz CT molecular complexity index is 1520. The zero-order chi connectivity index (χ0) is 27.6. The molecule has 3 amide bonds. The molecule has 0 bridgehead atoms. The molecule has 0 unspecified atom stereocenters. The van der Waals surface area contributed by atoms with E-state index >= 15 is 0 Å². The molecule has 39 heavy (non-hydrogen) atoms. The molecule has 0 spiro atoms. The maximum Gasteiger partial charge on any atom is 0.246 e. The van der Waals surface area contributed by atoms with E-state index < -0.39 is 17.5 Å². The Morgan fingerprint density at radius 2 is 1.74 bits per heavy atom. The highest BCUT2D eigenvalue weighted by Gasteiger charge is 2.45. The van der Waals surface area contributed by atoms with Crippen molar-refractivity contribution in [1.29, 1.82) is 0 Å². The molecule has 0 radical (unpaired) electrons. The van der Waals surface area contributed by atoms with Crippen LogP contribution in [0, 0.1) is 5.92 Å². The van der Waals surface area contributed by atoms with Crippen LogP contribution in [0.4, 0.5) is 0 Å². The highest BCUT2D eigenvalue weighted by Crippen LogP contribution is 2.34. The van der Waals surface area contributed by atoms with Crippen LogP contribution in [0.1, 0.15) is 37.1 Å². The van der Waals surface area contributed by atoms with E-state index in [1.807, 2.05) is 62.5 Å². The molecule has 0 fully saturated rings. The quantitative estimate of drug-likeness (QED) is 0.176. The van der Waals surface area contributed by atoms with E-state index in [4.69, 9.17) is 5.73 Å². The van der Waals surface area contributed by atoms with Crippen molar-refractivity contribution < 1.29 is 14.4 Å². The van der Waals surface area contributed by atoms with Crippen molar-refractivity contribution >= 4 is 39.5 Å². The summed E-state index contributed by atoms with van der Waals surface area (Å²) in [4.78, 5) is 45.8. The molecule has 1 aliphatic carbocycles. The van der Waals surface area contributed by atoms with E-state index in [1.54, 1.807) is 0 Å². The van der Waals surface area contributed by atoms with Crippen LogP contribution in [0.15, 0.2) is 54.7 Å². The van der Waals surface area contributed by atoms with Gasteiger partial charge in [-0.2, -0.15) is 0 Å². The summed E-state index contributed by atoms with van der Waals surface area (Å²) in [5.74, 6) is -1.43. The number of H-pyrrole nitrogens is 2. The lowest BCUT2D eigenvalue weighted by atomic mass is 9.78. The lowest BCUT2D eigenvalue weighted by Crippen LogP contribution is -2.65. The number of fused-ring (bicyclic) bond motifs is 4. The molecule has 2 aromatic heterocycles. The number of carbonyl (C=O) groups is 3. The maximum absolute atomic E-state index is 13.8. The summed E-state index contributed by atoms with van der Waals surface area (Å²) in [6.07, 6.45) is 4.08. The zero-order valence-corrected chi connectivity index (χ0v) is 22.4. The average Bonchev–Trinajstić information content (AvgIpc) is 3.50. The predicted octanol–water partition coefficient (Wildman–Crippen LogP) is 2.45. The first-order chi connectivity index (χ1) is 18.8. The van der Waals surface area contributed by atoms with Gasteiger partial charge in [-0.25, -0.2) is 0 Å². The maximum atomic E-state index is 13.8. The Hall–Kier alpha value is -4.11. The number of nitrogens with two attached hydrogens (primary N) is 1. The molecular formula is C30H36N6O3. The van der Waals surface area contributed by atoms with Gasteiger partial charge in [0.15, 0.2) is 0 Å². The summed E-state index contributed by atoms with van der Waals surface area (Å²) in [6, 6.07) is 15.2. The van der Waals surface area contributed by atoms with Crippen molar-refractivity contribution in [3.63, 3.8) is 0 Å². The highest BCUT2D eigenvalue weighted by molar-refractivity contribution is 5.97. The van der Waals surface area contributed by atoms with Gasteiger partial charge in [0.05, 0.1) is 6.54 Å². The van der Waals surface area contributed by atoms with Crippen LogP contribution < -0.4 is 21.7 Å². The van der Waals surface area contributed by atoms with Crippen LogP contribution >= 0.6 is 0 Å². The van der Waals surface area contributed by atoms with Crippen LogP contribution in [0.3, 0.4) is 0 Å². The van der Waals surface area contributed by atoms with E-state index in [9.17, 15) is 14.4 Å². The third kappa shape index (κ3) is 5.40. The third-order valence-electron chi connectivity index (χ3n) is 7.79. The van der Waals surface area contributed by atoms with Gasteiger partial charge in [0.1, 0.15) is 11.6 Å². The first kappa shape index (κ1) is 26.5. The molecule has 2 atom stereocenters. The van der Waals surface area contributed by atoms with Crippen molar-refractivity contribution in [1.82, 2.24) is 25.9 Å². The summed E-state index contributed by atoms with van der Waals surface area (Å²) in [5.41, 5.74) is 9.74. The average molecular weight is 529 g/mol. The summed E-state index contributed by atoms with van der Waals surface area (Å²) in [7, 11) is 0. The summed E-state index contributed by atoms with van der Waals surface area (Å²) in [6.45, 7) is 4.34. The lowest BCUT2D eigenvalue weighted by Gasteiger charge is -2.38. The van der Waals surface area contributed by atoms with Gasteiger partial charge in [-0.15, -0.1) is 0 Å². The van der Waals surface area contributed by atoms with Crippen molar-refractivity contribution in [3.05, 3.63) is 71.5 Å². The highest BCUT2D eigenvalue weighted by atomic mass is 16.2. The Morgan fingerprint density at radius 3 is 2.49 bits per heavy atom. The molecule has 1 aliphatic rings. The van der Waals surface area contributed by atoms with Gasteiger partial charge in [-0.1, -0.05) is 50.2 Å². The molecule has 2 heterocycles. The van der Waals surface area contributed by atoms with Gasteiger partial charge >= 0.3 is 0 Å². The minimum absolute atomic E-state index is 0.0710. The normalized spacial score (nSPS) is 17.7. The van der Waals surface area contributed by atoms with Crippen molar-refractivity contribution in [2.24, 2.45) is 11.7 Å². The molecule has 2 aromatic carbocycles. The molecule has 204 valence electrons. The number of carbonyl (C=O) groups excluding carboxylic acids is 3. The van der Waals surface area contributed by atoms with Crippen LogP contribution in [0.25, 0.3) is 21.8 Å². The van der Waals surface area contributed by atoms with Crippen LogP contribution in [-0.4, -0.2) is 52.4 Å². The fourth-order valence-electron chi connectivity index (χ4n) is 5.68. The number of para-hydroxylation sites is 2. The lowest BCUT2D eigenvalue weighted by molar-refractivity contribution is -0.136. The SMILES string of the molecule is CC(C)[C@H](NC(=O)[C@]1(NC(=O)CNCCc2c[nH]c3ccccc23)CCc2[nH]c3ccccc3c2C1)C(N)=O. The number of amides is 3. The Kier molecular flexibility index (Phi) is 7.43. The van der Waals surface area contributed by atoms with Gasteiger partial charge in [0.2, 0.25) is 17.7 Å². The van der Waals surface area contributed by atoms with E-state index in [1.165, 1.54) is 10.9 Å². The third-order valence-corrected chi connectivity index (χ3v) is 7.79. The summed E-state index contributed by atoms with van der Waals surface area (Å²) in [5, 5.41) is 11.3. The molecule has 7 N–H and O–H groups in total. The molecule has 9 nitrogen and oxygen atoms in total. The van der Waals surface area contributed by atoms with E-state index in [-0.39, 0.29) is 24.3 Å². The van der Waals surface area contributed by atoms with E-state index in [0.29, 0.717) is 25.8 Å². The van der Waals surface area contributed by atoms with Gasteiger partial charge in [-0.05, 0) is 55.0 Å². The number of aromatic amines is 2. The topological polar surface area (TPSA) is 145 Å². The van der Waals surface area contributed by atoms with Crippen LogP contribution in [0.2, 0.25) is 0 Å². The number of rotatable bonds is 10. The Morgan fingerprint density at radius 1 is 1.03 bits per heavy atom. The summed E-state index contributed by atoms with van der Waals surface area (Å²) >= 11 is 0. The largest absolute Gasteiger partial charge is 0.368 e. The van der Waals surface area contributed by atoms with Crippen molar-refractivity contribution in [3.8, 4) is 0 Å². The second kappa shape index (κ2) is 10.9. The predicted molar refractivity (Wildman–Crippen MR) is 152 cm³/mol. The first-order valence-electron chi connectivity index (χ1n) is 13.5. The molecule has 4 aromatic rings. The first-order valence-corrected chi connectivity index (χ1v) is 13.5. The second-order valence-electron chi connectivity index (χ2n) is 10.8. The molecule has 0 aliphatic heterocycles. The molecule has 9 heteroatoms. The van der Waals surface area contributed by atoms with Gasteiger partial charge < -0.3 is 31.7 Å². The second-order valence-corrected chi connectivity index (χ2v) is 10.8. The standard InChI is InChI=1S/C30H36N6O3/c1-18(2)27(28(31)38)35-29(39)30(13-11-25-22(15-30)21-8-4-6-10-24(21)34-25)36-26(37)17-32-14-12-19-16-33-23-9-5-3-7-20(19)23/h3-10,16,18,27,32-34H,11-15,17H2,1-2H3,(H2,31,38)(H,35,39)(H,36,37)/t27-,30-/m0/s1. The fraction of sp³-hybridized carbons (Fsp3) is 0.367. The van der Waals surface area contributed by atoms with Gasteiger partial charge in [-0.3, -0.25) is 14.4 Å². The Balaban J connectivity index is 1.30. The van der Waals surface area contributed by atoms with Crippen molar-refractivity contribution in [2.45, 2.75) is 51.1 Å². The molecule has 0 saturated heterocycles. The van der Waals surface area contributed by atoms with E-state index in [2.05, 4.69) is 32.0 Å². The molecule has 5 rings (SSSR count). The van der Waals surface area contributed by atoms with Crippen molar-refractivity contribution in [2.75, 3.05) is 13.1 Å². The van der Waals surface area contributed by atoms with Gasteiger partial charge in [0, 0.05) is 40.1 Å². The number of aryl methyl sites for hydroxylation is 1. The number of hydrogen-bond acceptors (Lipinski definition) is 4. The van der Waals surface area contributed by atoms with Crippen LogP contribution in [0.5, 0.6) is 0 Å². The zero-order valence-electron chi connectivity index (χ0n) is 22.4. The van der Waals surface area contributed by atoms with Gasteiger partial charge in [0.25, 0.3) is 0 Å². The number of aromatic nitrogens is 2. The number of primary amides is 1. The fourth-order valence-corrected chi connectivity index (χ4v) is 5.68. The number of hydrogen-bond donors (Lipinski definition) is 6. The number of benzene rings is 2. The molecular weight excluding hydrogens is 492 g/mol. The number of nitrogens with one attached hydrogen (secondary N) is 5. The molecule has 0 saturated carbocycles.